The number of ketones is 1. The standard InChI is InChI=1S/C15H19FN2O3/c1-9(7-12(19)18-15(2,3)14(17)21)13(20)10-5-4-6-11(16)8-10/h4-6,8-9H,7H2,1-3H3,(H2,17,21)(H,18,19)/t9-/m1/s1. The lowest BCUT2D eigenvalue weighted by Crippen LogP contribution is -2.53. The minimum Gasteiger partial charge on any atom is -0.368 e. The molecule has 0 spiro atoms. The molecule has 5 nitrogen and oxygen atoms in total. The summed E-state index contributed by atoms with van der Waals surface area (Å²) >= 11 is 0. The largest absolute Gasteiger partial charge is 0.368 e. The molecule has 0 bridgehead atoms. The van der Waals surface area contributed by atoms with E-state index in [2.05, 4.69) is 5.32 Å². The fourth-order valence-electron chi connectivity index (χ4n) is 1.76. The molecule has 0 aliphatic heterocycles. The number of amides is 2. The van der Waals surface area contributed by atoms with Gasteiger partial charge in [-0.2, -0.15) is 0 Å². The normalized spacial score (nSPS) is 12.6. The van der Waals surface area contributed by atoms with Crippen LogP contribution in [0, 0.1) is 11.7 Å². The van der Waals surface area contributed by atoms with Gasteiger partial charge in [-0.05, 0) is 26.0 Å². The summed E-state index contributed by atoms with van der Waals surface area (Å²) in [6.45, 7) is 4.53. The van der Waals surface area contributed by atoms with E-state index >= 15 is 0 Å². The van der Waals surface area contributed by atoms with Crippen molar-refractivity contribution in [3.63, 3.8) is 0 Å². The third-order valence-electron chi connectivity index (χ3n) is 3.12. The van der Waals surface area contributed by atoms with E-state index < -0.39 is 29.1 Å². The number of benzene rings is 1. The Labute approximate surface area is 122 Å². The van der Waals surface area contributed by atoms with Gasteiger partial charge in [-0.25, -0.2) is 4.39 Å². The Bertz CT molecular complexity index is 570. The van der Waals surface area contributed by atoms with E-state index in [0.29, 0.717) is 0 Å². The topological polar surface area (TPSA) is 89.3 Å². The van der Waals surface area contributed by atoms with Crippen molar-refractivity contribution in [1.29, 1.82) is 0 Å². The smallest absolute Gasteiger partial charge is 0.242 e. The van der Waals surface area contributed by atoms with Crippen molar-refractivity contribution in [3.05, 3.63) is 35.6 Å². The molecule has 1 atom stereocenters. The van der Waals surface area contributed by atoms with Crippen molar-refractivity contribution >= 4 is 17.6 Å². The number of rotatable bonds is 6. The lowest BCUT2D eigenvalue weighted by Gasteiger charge is -2.23. The van der Waals surface area contributed by atoms with E-state index in [1.807, 2.05) is 0 Å². The first-order valence-electron chi connectivity index (χ1n) is 6.54. The predicted molar refractivity (Wildman–Crippen MR) is 75.9 cm³/mol. The summed E-state index contributed by atoms with van der Waals surface area (Å²) < 4.78 is 13.1. The quantitative estimate of drug-likeness (QED) is 0.777. The van der Waals surface area contributed by atoms with Gasteiger partial charge in [-0.1, -0.05) is 19.1 Å². The minimum atomic E-state index is -1.18. The number of carbonyl (C=O) groups is 3. The van der Waals surface area contributed by atoms with Gasteiger partial charge in [-0.15, -0.1) is 0 Å². The molecule has 0 aromatic heterocycles. The Morgan fingerprint density at radius 2 is 1.95 bits per heavy atom. The second kappa shape index (κ2) is 6.47. The number of primary amides is 1. The molecule has 0 unspecified atom stereocenters. The molecular formula is C15H19FN2O3. The Balaban J connectivity index is 2.69. The van der Waals surface area contributed by atoms with Gasteiger partial charge in [0.15, 0.2) is 5.78 Å². The molecular weight excluding hydrogens is 275 g/mol. The lowest BCUT2D eigenvalue weighted by atomic mass is 9.95. The second-order valence-electron chi connectivity index (χ2n) is 5.52. The highest BCUT2D eigenvalue weighted by atomic mass is 19.1. The zero-order chi connectivity index (χ0) is 16.2. The molecule has 21 heavy (non-hydrogen) atoms. The third kappa shape index (κ3) is 4.66. The summed E-state index contributed by atoms with van der Waals surface area (Å²) in [5, 5.41) is 2.46. The SMILES string of the molecule is C[C@H](CC(=O)NC(C)(C)C(N)=O)C(=O)c1cccc(F)c1. The van der Waals surface area contributed by atoms with Crippen molar-refractivity contribution in [2.45, 2.75) is 32.7 Å². The first kappa shape index (κ1) is 16.8. The molecule has 114 valence electrons. The summed E-state index contributed by atoms with van der Waals surface area (Å²) in [4.78, 5) is 35.1. The summed E-state index contributed by atoms with van der Waals surface area (Å²) in [7, 11) is 0. The zero-order valence-corrected chi connectivity index (χ0v) is 12.3. The molecule has 0 saturated heterocycles. The van der Waals surface area contributed by atoms with Gasteiger partial charge < -0.3 is 11.1 Å². The van der Waals surface area contributed by atoms with Crippen LogP contribution in [0.5, 0.6) is 0 Å². The van der Waals surface area contributed by atoms with Crippen molar-refractivity contribution in [3.8, 4) is 0 Å². The first-order chi connectivity index (χ1) is 9.63. The van der Waals surface area contributed by atoms with Crippen LogP contribution >= 0.6 is 0 Å². The maximum atomic E-state index is 13.1. The number of nitrogens with one attached hydrogen (secondary N) is 1. The highest BCUT2D eigenvalue weighted by molar-refractivity contribution is 6.00. The first-order valence-corrected chi connectivity index (χ1v) is 6.54. The van der Waals surface area contributed by atoms with Crippen LogP contribution in [0.2, 0.25) is 0 Å². The van der Waals surface area contributed by atoms with E-state index in [1.54, 1.807) is 6.92 Å². The molecule has 0 saturated carbocycles. The van der Waals surface area contributed by atoms with Crippen LogP contribution in [0.1, 0.15) is 37.6 Å². The summed E-state index contributed by atoms with van der Waals surface area (Å²) in [5.41, 5.74) is 4.19. The molecule has 0 aliphatic rings. The van der Waals surface area contributed by atoms with E-state index in [4.69, 9.17) is 5.73 Å². The highest BCUT2D eigenvalue weighted by Crippen LogP contribution is 2.14. The lowest BCUT2D eigenvalue weighted by molar-refractivity contribution is -0.130. The van der Waals surface area contributed by atoms with Gasteiger partial charge in [-0.3, -0.25) is 14.4 Å². The molecule has 6 heteroatoms. The van der Waals surface area contributed by atoms with Crippen molar-refractivity contribution in [2.75, 3.05) is 0 Å². The Kier molecular flexibility index (Phi) is 5.18. The Morgan fingerprint density at radius 3 is 2.48 bits per heavy atom. The van der Waals surface area contributed by atoms with Crippen molar-refractivity contribution in [2.24, 2.45) is 11.7 Å². The van der Waals surface area contributed by atoms with Crippen LogP contribution in [-0.4, -0.2) is 23.1 Å². The number of hydrogen-bond acceptors (Lipinski definition) is 3. The summed E-state index contributed by atoms with van der Waals surface area (Å²) in [5.74, 6) is -2.60. The van der Waals surface area contributed by atoms with Gasteiger partial charge >= 0.3 is 0 Å². The maximum Gasteiger partial charge on any atom is 0.242 e. The number of carbonyl (C=O) groups excluding carboxylic acids is 3. The van der Waals surface area contributed by atoms with Crippen LogP contribution in [-0.2, 0) is 9.59 Å². The fourth-order valence-corrected chi connectivity index (χ4v) is 1.76. The predicted octanol–water partition coefficient (Wildman–Crippen LogP) is 1.41. The van der Waals surface area contributed by atoms with E-state index in [9.17, 15) is 18.8 Å². The summed E-state index contributed by atoms with van der Waals surface area (Å²) in [6, 6.07) is 5.30. The van der Waals surface area contributed by atoms with Crippen LogP contribution < -0.4 is 11.1 Å². The minimum absolute atomic E-state index is 0.105. The number of nitrogens with two attached hydrogens (primary N) is 1. The second-order valence-corrected chi connectivity index (χ2v) is 5.52. The summed E-state index contributed by atoms with van der Waals surface area (Å²) in [6.07, 6.45) is -0.105. The fraction of sp³-hybridized carbons (Fsp3) is 0.400. The monoisotopic (exact) mass is 294 g/mol. The zero-order valence-electron chi connectivity index (χ0n) is 12.3. The molecule has 0 aliphatic carbocycles. The van der Waals surface area contributed by atoms with Crippen LogP contribution in [0.3, 0.4) is 0 Å². The molecule has 0 radical (unpaired) electrons. The molecule has 1 aromatic rings. The van der Waals surface area contributed by atoms with Gasteiger partial charge in [0.1, 0.15) is 11.4 Å². The molecule has 1 aromatic carbocycles. The molecule has 0 fully saturated rings. The van der Waals surface area contributed by atoms with Crippen molar-refractivity contribution in [1.82, 2.24) is 5.32 Å². The number of halogens is 1. The molecule has 2 amide bonds. The molecule has 1 rings (SSSR count). The highest BCUT2D eigenvalue weighted by Gasteiger charge is 2.28. The van der Waals surface area contributed by atoms with Gasteiger partial charge in [0.2, 0.25) is 11.8 Å². The van der Waals surface area contributed by atoms with E-state index in [-0.39, 0.29) is 17.8 Å². The average molecular weight is 294 g/mol. The third-order valence-corrected chi connectivity index (χ3v) is 3.12. The van der Waals surface area contributed by atoms with E-state index in [1.165, 1.54) is 32.0 Å². The number of Topliss-reactive ketones (excluding diaryl/α,β-unsaturated/α-hetero) is 1. The van der Waals surface area contributed by atoms with Crippen LogP contribution in [0.15, 0.2) is 24.3 Å². The maximum absolute atomic E-state index is 13.1. The van der Waals surface area contributed by atoms with Crippen molar-refractivity contribution < 1.29 is 18.8 Å². The van der Waals surface area contributed by atoms with Crippen LogP contribution in [0.4, 0.5) is 4.39 Å². The molecule has 3 N–H and O–H groups in total. The molecule has 0 heterocycles. The van der Waals surface area contributed by atoms with Gasteiger partial charge in [0.05, 0.1) is 0 Å². The Hall–Kier alpha value is -2.24. The van der Waals surface area contributed by atoms with Gasteiger partial charge in [0, 0.05) is 17.9 Å². The average Bonchev–Trinajstić information content (AvgIpc) is 2.36. The number of hydrogen-bond donors (Lipinski definition) is 2. The Morgan fingerprint density at radius 1 is 1.33 bits per heavy atom. The van der Waals surface area contributed by atoms with Crippen LogP contribution in [0.25, 0.3) is 0 Å². The van der Waals surface area contributed by atoms with Gasteiger partial charge in [0.25, 0.3) is 0 Å². The van der Waals surface area contributed by atoms with E-state index in [0.717, 1.165) is 6.07 Å².